The molecule has 0 aliphatic heterocycles. The molecule has 0 amide bonds. The molecule has 0 aliphatic carbocycles. The zero-order valence-electron chi connectivity index (χ0n) is 16.4. The number of hydrogen-bond donors (Lipinski definition) is 2. The molecule has 1 aromatic heterocycles. The van der Waals surface area contributed by atoms with Gasteiger partial charge in [0.1, 0.15) is 0 Å². The standard InChI is InChI=1S/C21H33N5/c1-4-6-7-18(5-2)14-24-21(22-3)25-15-19-8-10-20(11-9-19)16-26-13-12-23-17-26/h8-13,17-18H,4-7,14-16H2,1-3H3,(H2,22,24,25). The van der Waals surface area contributed by atoms with E-state index in [1.54, 1.807) is 0 Å². The predicted octanol–water partition coefficient (Wildman–Crippen LogP) is 3.81. The Morgan fingerprint density at radius 1 is 1.15 bits per heavy atom. The van der Waals surface area contributed by atoms with E-state index in [1.807, 2.05) is 25.8 Å². The van der Waals surface area contributed by atoms with E-state index in [0.717, 1.165) is 31.5 Å². The minimum Gasteiger partial charge on any atom is -0.356 e. The van der Waals surface area contributed by atoms with Crippen LogP contribution in [0.3, 0.4) is 0 Å². The molecule has 0 saturated carbocycles. The van der Waals surface area contributed by atoms with Gasteiger partial charge in [-0.25, -0.2) is 4.98 Å². The number of guanidine groups is 1. The van der Waals surface area contributed by atoms with Crippen molar-refractivity contribution in [3.63, 3.8) is 0 Å². The van der Waals surface area contributed by atoms with Gasteiger partial charge in [0.25, 0.3) is 0 Å². The van der Waals surface area contributed by atoms with Crippen molar-refractivity contribution in [2.75, 3.05) is 13.6 Å². The minimum absolute atomic E-state index is 0.718. The normalized spacial score (nSPS) is 12.8. The lowest BCUT2D eigenvalue weighted by Gasteiger charge is -2.18. The van der Waals surface area contributed by atoms with Crippen molar-refractivity contribution in [2.24, 2.45) is 10.9 Å². The van der Waals surface area contributed by atoms with Gasteiger partial charge in [0.05, 0.1) is 6.33 Å². The van der Waals surface area contributed by atoms with Gasteiger partial charge in [0.2, 0.25) is 0 Å². The molecule has 0 saturated heterocycles. The molecule has 0 fully saturated rings. The van der Waals surface area contributed by atoms with E-state index in [4.69, 9.17) is 0 Å². The van der Waals surface area contributed by atoms with Crippen molar-refractivity contribution in [1.29, 1.82) is 0 Å². The molecular weight excluding hydrogens is 322 g/mol. The third-order valence-electron chi connectivity index (χ3n) is 4.73. The summed E-state index contributed by atoms with van der Waals surface area (Å²) in [7, 11) is 1.83. The molecule has 26 heavy (non-hydrogen) atoms. The third kappa shape index (κ3) is 6.90. The summed E-state index contributed by atoms with van der Waals surface area (Å²) in [6.07, 6.45) is 10.7. The number of hydrogen-bond acceptors (Lipinski definition) is 2. The molecule has 1 heterocycles. The Hall–Kier alpha value is -2.30. The van der Waals surface area contributed by atoms with E-state index in [2.05, 4.69) is 63.3 Å². The van der Waals surface area contributed by atoms with Crippen molar-refractivity contribution in [3.8, 4) is 0 Å². The van der Waals surface area contributed by atoms with Crippen LogP contribution in [0.4, 0.5) is 0 Å². The van der Waals surface area contributed by atoms with E-state index in [9.17, 15) is 0 Å². The number of aromatic nitrogens is 2. The Labute approximate surface area is 158 Å². The molecule has 5 nitrogen and oxygen atoms in total. The highest BCUT2D eigenvalue weighted by molar-refractivity contribution is 5.79. The van der Waals surface area contributed by atoms with Gasteiger partial charge < -0.3 is 15.2 Å². The van der Waals surface area contributed by atoms with Gasteiger partial charge in [-0.2, -0.15) is 0 Å². The Balaban J connectivity index is 1.76. The van der Waals surface area contributed by atoms with Crippen molar-refractivity contribution >= 4 is 5.96 Å². The molecule has 1 atom stereocenters. The van der Waals surface area contributed by atoms with Gasteiger partial charge in [-0.3, -0.25) is 4.99 Å². The predicted molar refractivity (Wildman–Crippen MR) is 109 cm³/mol. The van der Waals surface area contributed by atoms with Crippen LogP contribution in [0.5, 0.6) is 0 Å². The average molecular weight is 356 g/mol. The lowest BCUT2D eigenvalue weighted by molar-refractivity contribution is 0.443. The summed E-state index contributed by atoms with van der Waals surface area (Å²) in [6.45, 7) is 7.13. The van der Waals surface area contributed by atoms with Crippen LogP contribution in [-0.4, -0.2) is 29.1 Å². The topological polar surface area (TPSA) is 54.2 Å². The van der Waals surface area contributed by atoms with E-state index in [-0.39, 0.29) is 0 Å². The monoisotopic (exact) mass is 355 g/mol. The minimum atomic E-state index is 0.718. The van der Waals surface area contributed by atoms with Gasteiger partial charge in [0, 0.05) is 39.1 Å². The first-order valence-corrected chi connectivity index (χ1v) is 9.73. The van der Waals surface area contributed by atoms with Gasteiger partial charge in [0.15, 0.2) is 5.96 Å². The lowest BCUT2D eigenvalue weighted by Crippen LogP contribution is -2.39. The SMILES string of the molecule is CCCCC(CC)CNC(=NC)NCc1ccc(Cn2ccnc2)cc1. The van der Waals surface area contributed by atoms with Crippen LogP contribution in [0.2, 0.25) is 0 Å². The van der Waals surface area contributed by atoms with Crippen LogP contribution in [0, 0.1) is 5.92 Å². The maximum Gasteiger partial charge on any atom is 0.191 e. The Kier molecular flexibility index (Phi) is 8.73. The fourth-order valence-corrected chi connectivity index (χ4v) is 2.94. The summed E-state index contributed by atoms with van der Waals surface area (Å²) in [5.41, 5.74) is 2.52. The van der Waals surface area contributed by atoms with E-state index < -0.39 is 0 Å². The Morgan fingerprint density at radius 3 is 2.54 bits per heavy atom. The van der Waals surface area contributed by atoms with E-state index in [1.165, 1.54) is 36.8 Å². The van der Waals surface area contributed by atoms with Gasteiger partial charge in [-0.15, -0.1) is 0 Å². The van der Waals surface area contributed by atoms with Crippen LogP contribution in [0.25, 0.3) is 0 Å². The molecule has 2 rings (SSSR count). The molecule has 1 aromatic carbocycles. The van der Waals surface area contributed by atoms with Crippen molar-refractivity contribution in [2.45, 2.75) is 52.6 Å². The smallest absolute Gasteiger partial charge is 0.191 e. The molecule has 2 N–H and O–H groups in total. The third-order valence-corrected chi connectivity index (χ3v) is 4.73. The Morgan fingerprint density at radius 2 is 1.92 bits per heavy atom. The molecule has 0 bridgehead atoms. The van der Waals surface area contributed by atoms with Crippen LogP contribution in [-0.2, 0) is 13.1 Å². The highest BCUT2D eigenvalue weighted by Gasteiger charge is 2.07. The number of aliphatic imine (C=N–C) groups is 1. The first-order chi connectivity index (χ1) is 12.7. The number of nitrogens with one attached hydrogen (secondary N) is 2. The van der Waals surface area contributed by atoms with Gasteiger partial charge in [-0.05, 0) is 23.5 Å². The fraction of sp³-hybridized carbons (Fsp3) is 0.524. The molecule has 5 heteroatoms. The van der Waals surface area contributed by atoms with Crippen LogP contribution >= 0.6 is 0 Å². The highest BCUT2D eigenvalue weighted by Crippen LogP contribution is 2.11. The summed E-state index contributed by atoms with van der Waals surface area (Å²) in [6, 6.07) is 8.68. The van der Waals surface area contributed by atoms with Crippen LogP contribution < -0.4 is 10.6 Å². The van der Waals surface area contributed by atoms with Crippen molar-refractivity contribution < 1.29 is 0 Å². The maximum absolute atomic E-state index is 4.34. The zero-order valence-corrected chi connectivity index (χ0v) is 16.4. The Bertz CT molecular complexity index is 631. The zero-order chi connectivity index (χ0) is 18.6. The van der Waals surface area contributed by atoms with E-state index in [0.29, 0.717) is 0 Å². The molecular formula is C21H33N5. The van der Waals surface area contributed by atoms with E-state index >= 15 is 0 Å². The summed E-state index contributed by atoms with van der Waals surface area (Å²) in [5, 5.41) is 6.88. The summed E-state index contributed by atoms with van der Waals surface area (Å²) >= 11 is 0. The molecule has 0 spiro atoms. The number of nitrogens with zero attached hydrogens (tertiary/aromatic N) is 3. The lowest BCUT2D eigenvalue weighted by atomic mass is 9.99. The number of unbranched alkanes of at least 4 members (excludes halogenated alkanes) is 1. The largest absolute Gasteiger partial charge is 0.356 e. The van der Waals surface area contributed by atoms with Crippen LogP contribution in [0.15, 0.2) is 48.0 Å². The second-order valence-electron chi connectivity index (χ2n) is 6.77. The van der Waals surface area contributed by atoms with Crippen molar-refractivity contribution in [1.82, 2.24) is 20.2 Å². The molecule has 1 unspecified atom stereocenters. The van der Waals surface area contributed by atoms with Crippen LogP contribution in [0.1, 0.15) is 50.7 Å². The second kappa shape index (κ2) is 11.3. The highest BCUT2D eigenvalue weighted by atomic mass is 15.2. The summed E-state index contributed by atoms with van der Waals surface area (Å²) < 4.78 is 2.07. The molecule has 2 aromatic rings. The fourth-order valence-electron chi connectivity index (χ4n) is 2.94. The molecule has 142 valence electrons. The first kappa shape index (κ1) is 20.0. The number of imidazole rings is 1. The average Bonchev–Trinajstić information content (AvgIpc) is 3.18. The number of benzene rings is 1. The quantitative estimate of drug-likeness (QED) is 0.503. The molecule has 0 radical (unpaired) electrons. The van der Waals surface area contributed by atoms with Gasteiger partial charge >= 0.3 is 0 Å². The van der Waals surface area contributed by atoms with Crippen molar-refractivity contribution in [3.05, 3.63) is 54.1 Å². The van der Waals surface area contributed by atoms with Gasteiger partial charge in [-0.1, -0.05) is 57.4 Å². The first-order valence-electron chi connectivity index (χ1n) is 9.73. The second-order valence-corrected chi connectivity index (χ2v) is 6.77. The number of rotatable bonds is 10. The summed E-state index contributed by atoms with van der Waals surface area (Å²) in [5.74, 6) is 1.60. The maximum atomic E-state index is 4.34. The molecule has 0 aliphatic rings. The summed E-state index contributed by atoms with van der Waals surface area (Å²) in [4.78, 5) is 8.42.